The molecule has 2 aliphatic rings. The monoisotopic (exact) mass is 317 g/mol. The lowest BCUT2D eigenvalue weighted by molar-refractivity contribution is -0.134. The maximum Gasteiger partial charge on any atom is 0.241 e. The molecule has 120 valence electrons. The summed E-state index contributed by atoms with van der Waals surface area (Å²) in [7, 11) is -3.36. The van der Waals surface area contributed by atoms with Gasteiger partial charge in [0.2, 0.25) is 21.8 Å². The van der Waals surface area contributed by atoms with Gasteiger partial charge in [-0.2, -0.15) is 4.31 Å². The van der Waals surface area contributed by atoms with Crippen LogP contribution in [0.1, 0.15) is 32.6 Å². The Hall–Kier alpha value is -1.15. The predicted molar refractivity (Wildman–Crippen MR) is 78.0 cm³/mol. The van der Waals surface area contributed by atoms with Crippen LogP contribution >= 0.6 is 0 Å². The molecule has 0 aromatic carbocycles. The Morgan fingerprint density at radius 1 is 1.33 bits per heavy atom. The maximum atomic E-state index is 12.6. The second kappa shape index (κ2) is 6.74. The summed E-state index contributed by atoms with van der Waals surface area (Å²) in [5.41, 5.74) is 0. The van der Waals surface area contributed by atoms with Gasteiger partial charge in [0.1, 0.15) is 6.04 Å². The number of carbonyl (C=O) groups excluding carboxylic acids is 2. The standard InChI is InChI=1S/C13H23N3O4S/c1-2-10-21(19,20)16-7-3-4-11(16)13(18)15-8-5-12(17)14-6-9-15/h11H,2-10H2,1H3,(H,14,17). The average molecular weight is 317 g/mol. The highest BCUT2D eigenvalue weighted by molar-refractivity contribution is 7.89. The zero-order chi connectivity index (χ0) is 15.5. The minimum Gasteiger partial charge on any atom is -0.354 e. The van der Waals surface area contributed by atoms with Crippen LogP contribution in [0.4, 0.5) is 0 Å². The number of rotatable bonds is 4. The summed E-state index contributed by atoms with van der Waals surface area (Å²) < 4.78 is 25.8. The van der Waals surface area contributed by atoms with Crippen molar-refractivity contribution in [3.63, 3.8) is 0 Å². The van der Waals surface area contributed by atoms with Crippen LogP contribution in [0.5, 0.6) is 0 Å². The molecular weight excluding hydrogens is 294 g/mol. The Bertz CT molecular complexity index is 506. The molecule has 7 nitrogen and oxygen atoms in total. The van der Waals surface area contributed by atoms with Crippen molar-refractivity contribution >= 4 is 21.8 Å². The van der Waals surface area contributed by atoms with Crippen molar-refractivity contribution in [1.82, 2.24) is 14.5 Å². The van der Waals surface area contributed by atoms with E-state index < -0.39 is 16.1 Å². The van der Waals surface area contributed by atoms with E-state index in [0.717, 1.165) is 0 Å². The molecule has 1 unspecified atom stereocenters. The van der Waals surface area contributed by atoms with Crippen molar-refractivity contribution < 1.29 is 18.0 Å². The SMILES string of the molecule is CCCS(=O)(=O)N1CCCC1C(=O)N1CCNC(=O)CC1. The number of nitrogens with zero attached hydrogens (tertiary/aromatic N) is 2. The molecule has 8 heteroatoms. The van der Waals surface area contributed by atoms with Gasteiger partial charge >= 0.3 is 0 Å². The van der Waals surface area contributed by atoms with Gasteiger partial charge in [0.25, 0.3) is 0 Å². The summed E-state index contributed by atoms with van der Waals surface area (Å²) >= 11 is 0. The van der Waals surface area contributed by atoms with Crippen LogP contribution < -0.4 is 5.32 Å². The number of hydrogen-bond acceptors (Lipinski definition) is 4. The predicted octanol–water partition coefficient (Wildman–Crippen LogP) is -0.461. The van der Waals surface area contributed by atoms with Crippen LogP contribution in [0.25, 0.3) is 0 Å². The zero-order valence-electron chi connectivity index (χ0n) is 12.4. The minimum absolute atomic E-state index is 0.0628. The summed E-state index contributed by atoms with van der Waals surface area (Å²) in [4.78, 5) is 25.5. The molecule has 21 heavy (non-hydrogen) atoms. The lowest BCUT2D eigenvalue weighted by atomic mass is 10.2. The molecule has 0 bridgehead atoms. The van der Waals surface area contributed by atoms with Crippen molar-refractivity contribution in [2.45, 2.75) is 38.6 Å². The summed E-state index contributed by atoms with van der Waals surface area (Å²) in [6.45, 7) is 3.48. The summed E-state index contributed by atoms with van der Waals surface area (Å²) in [5, 5.41) is 2.72. The van der Waals surface area contributed by atoms with Gasteiger partial charge in [-0.1, -0.05) is 6.92 Å². The molecule has 2 fully saturated rings. The van der Waals surface area contributed by atoms with E-state index in [2.05, 4.69) is 5.32 Å². The van der Waals surface area contributed by atoms with E-state index in [-0.39, 0.29) is 24.0 Å². The first kappa shape index (κ1) is 16.2. The topological polar surface area (TPSA) is 86.8 Å². The van der Waals surface area contributed by atoms with Gasteiger partial charge in [-0.25, -0.2) is 8.42 Å². The molecule has 2 rings (SSSR count). The zero-order valence-corrected chi connectivity index (χ0v) is 13.2. The normalized spacial score (nSPS) is 24.7. The highest BCUT2D eigenvalue weighted by atomic mass is 32.2. The molecule has 0 saturated carbocycles. The average Bonchev–Trinajstić information content (AvgIpc) is 2.82. The van der Waals surface area contributed by atoms with Gasteiger partial charge in [0.05, 0.1) is 5.75 Å². The fraction of sp³-hybridized carbons (Fsp3) is 0.846. The van der Waals surface area contributed by atoms with Crippen molar-refractivity contribution in [1.29, 1.82) is 0 Å². The van der Waals surface area contributed by atoms with E-state index in [1.54, 1.807) is 4.90 Å². The molecule has 0 spiro atoms. The second-order valence-corrected chi connectivity index (χ2v) is 7.55. The number of nitrogens with one attached hydrogen (secondary N) is 1. The first-order valence-corrected chi connectivity index (χ1v) is 9.11. The summed E-state index contributed by atoms with van der Waals surface area (Å²) in [6, 6.07) is -0.588. The fourth-order valence-corrected chi connectivity index (χ4v) is 4.63. The molecule has 2 aliphatic heterocycles. The van der Waals surface area contributed by atoms with Gasteiger partial charge in [0.15, 0.2) is 0 Å². The Morgan fingerprint density at radius 3 is 2.81 bits per heavy atom. The Labute approximate surface area is 125 Å². The molecule has 0 aromatic heterocycles. The Morgan fingerprint density at radius 2 is 2.10 bits per heavy atom. The number of carbonyl (C=O) groups is 2. The van der Waals surface area contributed by atoms with Crippen LogP contribution in [0, 0.1) is 0 Å². The first-order chi connectivity index (χ1) is 9.95. The number of amides is 2. The highest BCUT2D eigenvalue weighted by Gasteiger charge is 2.40. The fourth-order valence-electron chi connectivity index (χ4n) is 2.89. The largest absolute Gasteiger partial charge is 0.354 e. The van der Waals surface area contributed by atoms with Crippen LogP contribution in [0.15, 0.2) is 0 Å². The van der Waals surface area contributed by atoms with E-state index in [0.29, 0.717) is 45.4 Å². The van der Waals surface area contributed by atoms with Gasteiger partial charge < -0.3 is 10.2 Å². The van der Waals surface area contributed by atoms with E-state index in [9.17, 15) is 18.0 Å². The van der Waals surface area contributed by atoms with Crippen LogP contribution in [0.2, 0.25) is 0 Å². The van der Waals surface area contributed by atoms with Crippen molar-refractivity contribution in [3.8, 4) is 0 Å². The number of hydrogen-bond donors (Lipinski definition) is 1. The molecule has 0 aromatic rings. The molecular formula is C13H23N3O4S. The molecule has 1 atom stereocenters. The smallest absolute Gasteiger partial charge is 0.241 e. The van der Waals surface area contributed by atoms with E-state index in [1.165, 1.54) is 4.31 Å². The Balaban J connectivity index is 2.08. The van der Waals surface area contributed by atoms with Crippen LogP contribution in [-0.4, -0.2) is 67.4 Å². The molecule has 1 N–H and O–H groups in total. The lowest BCUT2D eigenvalue weighted by Crippen LogP contribution is -2.49. The lowest BCUT2D eigenvalue weighted by Gasteiger charge is -2.28. The maximum absolute atomic E-state index is 12.6. The highest BCUT2D eigenvalue weighted by Crippen LogP contribution is 2.23. The van der Waals surface area contributed by atoms with Crippen molar-refractivity contribution in [3.05, 3.63) is 0 Å². The first-order valence-electron chi connectivity index (χ1n) is 7.50. The molecule has 2 heterocycles. The van der Waals surface area contributed by atoms with Gasteiger partial charge in [-0.05, 0) is 19.3 Å². The van der Waals surface area contributed by atoms with E-state index in [1.807, 2.05) is 6.92 Å². The van der Waals surface area contributed by atoms with Gasteiger partial charge in [-0.15, -0.1) is 0 Å². The third kappa shape index (κ3) is 3.74. The third-order valence-corrected chi connectivity index (χ3v) is 6.01. The minimum atomic E-state index is -3.36. The summed E-state index contributed by atoms with van der Waals surface area (Å²) in [5.74, 6) is -0.146. The molecule has 2 amide bonds. The van der Waals surface area contributed by atoms with Crippen molar-refractivity contribution in [2.75, 3.05) is 31.9 Å². The van der Waals surface area contributed by atoms with Gasteiger partial charge in [0, 0.05) is 32.6 Å². The van der Waals surface area contributed by atoms with Crippen LogP contribution in [-0.2, 0) is 19.6 Å². The van der Waals surface area contributed by atoms with Crippen LogP contribution in [0.3, 0.4) is 0 Å². The van der Waals surface area contributed by atoms with E-state index in [4.69, 9.17) is 0 Å². The Kier molecular flexibility index (Phi) is 5.21. The van der Waals surface area contributed by atoms with Crippen molar-refractivity contribution in [2.24, 2.45) is 0 Å². The molecule has 2 saturated heterocycles. The third-order valence-electron chi connectivity index (χ3n) is 3.93. The van der Waals surface area contributed by atoms with Gasteiger partial charge in [-0.3, -0.25) is 9.59 Å². The van der Waals surface area contributed by atoms with E-state index >= 15 is 0 Å². The number of sulfonamides is 1. The molecule has 0 radical (unpaired) electrons. The second-order valence-electron chi connectivity index (χ2n) is 5.51. The molecule has 0 aliphatic carbocycles. The summed E-state index contributed by atoms with van der Waals surface area (Å²) in [6.07, 6.45) is 2.10. The quantitative estimate of drug-likeness (QED) is 0.760.